The zero-order valence-corrected chi connectivity index (χ0v) is 9.94. The molecular formula is C12H19N3O. The van der Waals surface area contributed by atoms with Gasteiger partial charge < -0.3 is 10.1 Å². The van der Waals surface area contributed by atoms with Gasteiger partial charge in [-0.3, -0.25) is 4.68 Å². The SMILES string of the molecule is CCCNC(C1=CCCO1)c1cnn(C)c1. The van der Waals surface area contributed by atoms with Gasteiger partial charge in [-0.1, -0.05) is 6.92 Å². The number of aromatic nitrogens is 2. The fourth-order valence-corrected chi connectivity index (χ4v) is 1.90. The van der Waals surface area contributed by atoms with Gasteiger partial charge in [-0.15, -0.1) is 0 Å². The molecule has 1 N–H and O–H groups in total. The lowest BCUT2D eigenvalue weighted by molar-refractivity contribution is 0.215. The van der Waals surface area contributed by atoms with Gasteiger partial charge in [0.25, 0.3) is 0 Å². The number of ether oxygens (including phenoxy) is 1. The summed E-state index contributed by atoms with van der Waals surface area (Å²) < 4.78 is 7.46. The van der Waals surface area contributed by atoms with E-state index in [4.69, 9.17) is 4.74 Å². The standard InChI is InChI=1S/C12H19N3O/c1-3-6-13-12(11-5-4-7-16-11)10-8-14-15(2)9-10/h5,8-9,12-13H,3-4,6-7H2,1-2H3. The highest BCUT2D eigenvalue weighted by molar-refractivity contribution is 5.22. The number of hydrogen-bond acceptors (Lipinski definition) is 3. The third-order valence-corrected chi connectivity index (χ3v) is 2.67. The van der Waals surface area contributed by atoms with Crippen molar-refractivity contribution in [2.45, 2.75) is 25.8 Å². The molecule has 4 heteroatoms. The Kier molecular flexibility index (Phi) is 3.62. The molecule has 0 spiro atoms. The van der Waals surface area contributed by atoms with Gasteiger partial charge in [-0.2, -0.15) is 5.10 Å². The van der Waals surface area contributed by atoms with Crippen LogP contribution in [-0.4, -0.2) is 22.9 Å². The zero-order valence-electron chi connectivity index (χ0n) is 9.94. The second-order valence-corrected chi connectivity index (χ2v) is 4.08. The predicted molar refractivity (Wildman–Crippen MR) is 62.9 cm³/mol. The lowest BCUT2D eigenvalue weighted by Gasteiger charge is -2.18. The highest BCUT2D eigenvalue weighted by Gasteiger charge is 2.21. The monoisotopic (exact) mass is 221 g/mol. The van der Waals surface area contributed by atoms with E-state index in [1.807, 2.05) is 24.1 Å². The molecule has 1 atom stereocenters. The van der Waals surface area contributed by atoms with Gasteiger partial charge in [0.05, 0.1) is 18.8 Å². The molecule has 88 valence electrons. The third kappa shape index (κ3) is 2.44. The van der Waals surface area contributed by atoms with E-state index in [2.05, 4.69) is 23.4 Å². The highest BCUT2D eigenvalue weighted by atomic mass is 16.5. The molecule has 1 aromatic heterocycles. The van der Waals surface area contributed by atoms with Gasteiger partial charge in [-0.25, -0.2) is 0 Å². The van der Waals surface area contributed by atoms with Crippen LogP contribution in [0.5, 0.6) is 0 Å². The van der Waals surface area contributed by atoms with E-state index in [1.165, 1.54) is 5.56 Å². The lowest BCUT2D eigenvalue weighted by atomic mass is 10.1. The van der Waals surface area contributed by atoms with E-state index >= 15 is 0 Å². The molecule has 0 aliphatic carbocycles. The summed E-state index contributed by atoms with van der Waals surface area (Å²) in [6.07, 6.45) is 8.23. The lowest BCUT2D eigenvalue weighted by Crippen LogP contribution is -2.23. The summed E-state index contributed by atoms with van der Waals surface area (Å²) in [6, 6.07) is 0.163. The van der Waals surface area contributed by atoms with Crippen LogP contribution in [0.3, 0.4) is 0 Å². The Morgan fingerprint density at radius 3 is 3.06 bits per heavy atom. The van der Waals surface area contributed by atoms with Crippen molar-refractivity contribution in [2.75, 3.05) is 13.2 Å². The van der Waals surface area contributed by atoms with Crippen molar-refractivity contribution < 1.29 is 4.74 Å². The van der Waals surface area contributed by atoms with Crippen LogP contribution in [0.2, 0.25) is 0 Å². The molecule has 0 saturated heterocycles. The Balaban J connectivity index is 2.13. The van der Waals surface area contributed by atoms with Gasteiger partial charge in [0.15, 0.2) is 0 Å². The molecule has 2 heterocycles. The molecule has 0 saturated carbocycles. The van der Waals surface area contributed by atoms with Crippen LogP contribution in [0.25, 0.3) is 0 Å². The first kappa shape index (κ1) is 11.2. The molecule has 0 aromatic carbocycles. The summed E-state index contributed by atoms with van der Waals surface area (Å²) in [5, 5.41) is 7.71. The maximum Gasteiger partial charge on any atom is 0.114 e. The largest absolute Gasteiger partial charge is 0.496 e. The molecule has 0 fully saturated rings. The average molecular weight is 221 g/mol. The Morgan fingerprint density at radius 2 is 2.50 bits per heavy atom. The summed E-state index contributed by atoms with van der Waals surface area (Å²) in [4.78, 5) is 0. The van der Waals surface area contributed by atoms with Crippen molar-refractivity contribution in [1.29, 1.82) is 0 Å². The second kappa shape index (κ2) is 5.16. The van der Waals surface area contributed by atoms with Crippen LogP contribution in [0.15, 0.2) is 24.2 Å². The molecule has 1 aliphatic heterocycles. The molecule has 1 aromatic rings. The quantitative estimate of drug-likeness (QED) is 0.823. The van der Waals surface area contributed by atoms with E-state index in [9.17, 15) is 0 Å². The molecule has 0 amide bonds. The van der Waals surface area contributed by atoms with Gasteiger partial charge in [0, 0.05) is 25.2 Å². The van der Waals surface area contributed by atoms with Gasteiger partial charge in [-0.05, 0) is 19.0 Å². The van der Waals surface area contributed by atoms with Crippen molar-refractivity contribution in [2.24, 2.45) is 7.05 Å². The van der Waals surface area contributed by atoms with E-state index in [0.29, 0.717) is 0 Å². The fourth-order valence-electron chi connectivity index (χ4n) is 1.90. The maximum absolute atomic E-state index is 5.64. The van der Waals surface area contributed by atoms with Crippen LogP contribution in [0.1, 0.15) is 31.4 Å². The van der Waals surface area contributed by atoms with Crippen LogP contribution in [0, 0.1) is 0 Å². The molecule has 16 heavy (non-hydrogen) atoms. The molecule has 0 bridgehead atoms. The van der Waals surface area contributed by atoms with Crippen LogP contribution in [0.4, 0.5) is 0 Å². The smallest absolute Gasteiger partial charge is 0.114 e. The molecule has 1 unspecified atom stereocenters. The van der Waals surface area contributed by atoms with Crippen molar-refractivity contribution in [3.05, 3.63) is 29.8 Å². The van der Waals surface area contributed by atoms with Gasteiger partial charge in [0.1, 0.15) is 5.76 Å². The van der Waals surface area contributed by atoms with Crippen molar-refractivity contribution in [3.8, 4) is 0 Å². The fraction of sp³-hybridized carbons (Fsp3) is 0.583. The summed E-state index contributed by atoms with van der Waals surface area (Å²) in [6.45, 7) is 3.96. The summed E-state index contributed by atoms with van der Waals surface area (Å²) in [5.41, 5.74) is 1.17. The maximum atomic E-state index is 5.64. The summed E-state index contributed by atoms with van der Waals surface area (Å²) in [5.74, 6) is 1.04. The number of rotatable bonds is 5. The van der Waals surface area contributed by atoms with E-state index < -0.39 is 0 Å². The molecule has 1 aliphatic rings. The molecule has 2 rings (SSSR count). The normalized spacial score (nSPS) is 17.0. The summed E-state index contributed by atoms with van der Waals surface area (Å²) in [7, 11) is 1.93. The average Bonchev–Trinajstić information content (AvgIpc) is 2.91. The number of hydrogen-bond donors (Lipinski definition) is 1. The van der Waals surface area contributed by atoms with Crippen molar-refractivity contribution in [3.63, 3.8) is 0 Å². The second-order valence-electron chi connectivity index (χ2n) is 4.08. The first-order chi connectivity index (χ1) is 7.81. The van der Waals surface area contributed by atoms with Gasteiger partial charge in [0.2, 0.25) is 0 Å². The van der Waals surface area contributed by atoms with Gasteiger partial charge >= 0.3 is 0 Å². The minimum Gasteiger partial charge on any atom is -0.496 e. The Labute approximate surface area is 96.3 Å². The van der Waals surface area contributed by atoms with Crippen molar-refractivity contribution >= 4 is 0 Å². The minimum atomic E-state index is 0.163. The van der Waals surface area contributed by atoms with E-state index in [1.54, 1.807) is 0 Å². The number of nitrogens with one attached hydrogen (secondary N) is 1. The molecular weight excluding hydrogens is 202 g/mol. The molecule has 4 nitrogen and oxygen atoms in total. The first-order valence-electron chi connectivity index (χ1n) is 5.86. The van der Waals surface area contributed by atoms with Crippen LogP contribution < -0.4 is 5.32 Å². The van der Waals surface area contributed by atoms with Crippen LogP contribution >= 0.6 is 0 Å². The van der Waals surface area contributed by atoms with E-state index in [0.717, 1.165) is 31.8 Å². The Bertz CT molecular complexity index is 370. The Hall–Kier alpha value is -1.29. The minimum absolute atomic E-state index is 0.163. The first-order valence-corrected chi connectivity index (χ1v) is 5.86. The predicted octanol–water partition coefficient (Wildman–Crippen LogP) is 1.76. The van der Waals surface area contributed by atoms with Crippen molar-refractivity contribution in [1.82, 2.24) is 15.1 Å². The summed E-state index contributed by atoms with van der Waals surface area (Å²) >= 11 is 0. The topological polar surface area (TPSA) is 39.1 Å². The van der Waals surface area contributed by atoms with E-state index in [-0.39, 0.29) is 6.04 Å². The third-order valence-electron chi connectivity index (χ3n) is 2.67. The molecule has 0 radical (unpaired) electrons. The van der Waals surface area contributed by atoms with Crippen LogP contribution in [-0.2, 0) is 11.8 Å². The zero-order chi connectivity index (χ0) is 11.4. The number of aryl methyl sites for hydroxylation is 1. The number of nitrogens with zero attached hydrogens (tertiary/aromatic N) is 2. The Morgan fingerprint density at radius 1 is 1.62 bits per heavy atom. The highest BCUT2D eigenvalue weighted by Crippen LogP contribution is 2.25.